The largest absolute Gasteiger partial charge is 0.306 e. The molecule has 106 valence electrons. The summed E-state index contributed by atoms with van der Waals surface area (Å²) in [4.78, 5) is 6.37. The Labute approximate surface area is 125 Å². The molecule has 3 heteroatoms. The second-order valence-corrected chi connectivity index (χ2v) is 7.66. The standard InChI is InChI=1S/C17H22N2S/c1-17(2,3)18-11-15-19-16-13-9-5-4-7-12(13)8-6-10-14(16)20-15/h4-5,7,9,18H,6,8,10-11H2,1-3H3. The first kappa shape index (κ1) is 13.8. The third kappa shape index (κ3) is 2.94. The van der Waals surface area contributed by atoms with Crippen molar-refractivity contribution >= 4 is 11.3 Å². The Kier molecular flexibility index (Phi) is 3.65. The normalized spacial score (nSPS) is 14.6. The molecule has 3 rings (SSSR count). The van der Waals surface area contributed by atoms with Crippen LogP contribution in [0.15, 0.2) is 24.3 Å². The summed E-state index contributed by atoms with van der Waals surface area (Å²) >= 11 is 1.88. The van der Waals surface area contributed by atoms with E-state index in [9.17, 15) is 0 Å². The van der Waals surface area contributed by atoms with Crippen molar-refractivity contribution in [1.29, 1.82) is 0 Å². The Bertz CT molecular complexity index is 608. The highest BCUT2D eigenvalue weighted by Gasteiger charge is 2.19. The van der Waals surface area contributed by atoms with Gasteiger partial charge in [0.05, 0.1) is 5.69 Å². The summed E-state index contributed by atoms with van der Waals surface area (Å²) < 4.78 is 0. The van der Waals surface area contributed by atoms with Crippen LogP contribution >= 0.6 is 11.3 Å². The summed E-state index contributed by atoms with van der Waals surface area (Å²) in [5, 5.41) is 4.74. The second-order valence-electron chi connectivity index (χ2n) is 6.49. The van der Waals surface area contributed by atoms with Gasteiger partial charge >= 0.3 is 0 Å². The van der Waals surface area contributed by atoms with Crippen molar-refractivity contribution in [3.8, 4) is 11.3 Å². The Balaban J connectivity index is 1.92. The van der Waals surface area contributed by atoms with Gasteiger partial charge in [-0.25, -0.2) is 4.98 Å². The molecule has 1 aromatic heterocycles. The number of benzene rings is 1. The van der Waals surface area contributed by atoms with Crippen LogP contribution in [0, 0.1) is 0 Å². The SMILES string of the molecule is CC(C)(C)NCc1nc2c(s1)CCCc1ccccc1-2. The van der Waals surface area contributed by atoms with Crippen molar-refractivity contribution in [3.63, 3.8) is 0 Å². The van der Waals surface area contributed by atoms with E-state index in [4.69, 9.17) is 4.98 Å². The predicted molar refractivity (Wildman–Crippen MR) is 86.2 cm³/mol. The van der Waals surface area contributed by atoms with Gasteiger partial charge in [0.15, 0.2) is 0 Å². The molecule has 0 atom stereocenters. The molecule has 2 nitrogen and oxygen atoms in total. The fourth-order valence-corrected chi connectivity index (χ4v) is 3.67. The molecular weight excluding hydrogens is 264 g/mol. The molecule has 0 radical (unpaired) electrons. The van der Waals surface area contributed by atoms with Crippen molar-refractivity contribution in [1.82, 2.24) is 10.3 Å². The van der Waals surface area contributed by atoms with Gasteiger partial charge in [0.2, 0.25) is 0 Å². The average Bonchev–Trinajstić information content (AvgIpc) is 2.72. The molecule has 0 saturated carbocycles. The minimum Gasteiger partial charge on any atom is -0.306 e. The molecule has 0 aliphatic heterocycles. The zero-order valence-electron chi connectivity index (χ0n) is 12.5. The molecule has 1 aromatic carbocycles. The van der Waals surface area contributed by atoms with E-state index in [2.05, 4.69) is 50.4 Å². The van der Waals surface area contributed by atoms with E-state index in [-0.39, 0.29) is 5.54 Å². The number of thiazole rings is 1. The molecule has 0 amide bonds. The number of nitrogens with one attached hydrogen (secondary N) is 1. The second kappa shape index (κ2) is 5.30. The number of aromatic nitrogens is 1. The zero-order valence-corrected chi connectivity index (χ0v) is 13.3. The molecular formula is C17H22N2S. The van der Waals surface area contributed by atoms with E-state index in [0.29, 0.717) is 0 Å². The van der Waals surface area contributed by atoms with Crippen molar-refractivity contribution in [2.75, 3.05) is 0 Å². The van der Waals surface area contributed by atoms with Crippen LogP contribution in [0.4, 0.5) is 0 Å². The Hall–Kier alpha value is -1.19. The third-order valence-corrected chi connectivity index (χ3v) is 4.75. The smallest absolute Gasteiger partial charge is 0.107 e. The van der Waals surface area contributed by atoms with Gasteiger partial charge in [-0.2, -0.15) is 0 Å². The molecule has 0 saturated heterocycles. The lowest BCUT2D eigenvalue weighted by Gasteiger charge is -2.19. The van der Waals surface area contributed by atoms with E-state index in [1.807, 2.05) is 11.3 Å². The quantitative estimate of drug-likeness (QED) is 0.895. The summed E-state index contributed by atoms with van der Waals surface area (Å²) in [6.45, 7) is 7.45. The summed E-state index contributed by atoms with van der Waals surface area (Å²) in [6.07, 6.45) is 3.57. The fourth-order valence-electron chi connectivity index (χ4n) is 2.61. The van der Waals surface area contributed by atoms with Gasteiger partial charge in [-0.05, 0) is 45.6 Å². The lowest BCUT2D eigenvalue weighted by Crippen LogP contribution is -2.35. The first-order valence-electron chi connectivity index (χ1n) is 7.35. The number of aryl methyl sites for hydroxylation is 2. The Morgan fingerprint density at radius 1 is 1.20 bits per heavy atom. The van der Waals surface area contributed by atoms with E-state index in [1.165, 1.54) is 39.5 Å². The van der Waals surface area contributed by atoms with Crippen LogP contribution in [0.1, 0.15) is 42.6 Å². The molecule has 0 fully saturated rings. The van der Waals surface area contributed by atoms with Crippen LogP contribution in [0.2, 0.25) is 0 Å². The van der Waals surface area contributed by atoms with Crippen LogP contribution < -0.4 is 5.32 Å². The molecule has 2 aromatic rings. The summed E-state index contributed by atoms with van der Waals surface area (Å²) in [5.41, 5.74) is 4.17. The Morgan fingerprint density at radius 3 is 2.80 bits per heavy atom. The van der Waals surface area contributed by atoms with Gasteiger partial charge in [0.25, 0.3) is 0 Å². The van der Waals surface area contributed by atoms with Crippen molar-refractivity contribution in [2.45, 2.75) is 52.1 Å². The van der Waals surface area contributed by atoms with Crippen LogP contribution in [0.3, 0.4) is 0 Å². The number of rotatable bonds is 2. The summed E-state index contributed by atoms with van der Waals surface area (Å²) in [6, 6.07) is 8.73. The van der Waals surface area contributed by atoms with Gasteiger partial charge in [-0.15, -0.1) is 11.3 Å². The zero-order chi connectivity index (χ0) is 14.2. The number of hydrogen-bond acceptors (Lipinski definition) is 3. The van der Waals surface area contributed by atoms with Gasteiger partial charge in [0, 0.05) is 22.5 Å². The number of fused-ring (bicyclic) bond motifs is 3. The predicted octanol–water partition coefficient (Wildman–Crippen LogP) is 4.19. The van der Waals surface area contributed by atoms with E-state index in [0.717, 1.165) is 13.0 Å². The number of hydrogen-bond donors (Lipinski definition) is 1. The highest BCUT2D eigenvalue weighted by Crippen LogP contribution is 2.35. The van der Waals surface area contributed by atoms with Crippen LogP contribution in [-0.2, 0) is 19.4 Å². The molecule has 1 aliphatic rings. The molecule has 0 bridgehead atoms. The molecule has 0 unspecified atom stereocenters. The van der Waals surface area contributed by atoms with E-state index in [1.54, 1.807) is 0 Å². The van der Waals surface area contributed by atoms with Crippen molar-refractivity contribution in [3.05, 3.63) is 39.7 Å². The lowest BCUT2D eigenvalue weighted by atomic mass is 10.0. The van der Waals surface area contributed by atoms with Crippen LogP contribution in [0.25, 0.3) is 11.3 Å². The molecule has 1 heterocycles. The maximum absolute atomic E-state index is 4.91. The first-order valence-corrected chi connectivity index (χ1v) is 8.16. The van der Waals surface area contributed by atoms with Gasteiger partial charge in [-0.3, -0.25) is 0 Å². The topological polar surface area (TPSA) is 24.9 Å². The van der Waals surface area contributed by atoms with Gasteiger partial charge in [-0.1, -0.05) is 24.3 Å². The average molecular weight is 286 g/mol. The molecule has 20 heavy (non-hydrogen) atoms. The minimum absolute atomic E-state index is 0.140. The monoisotopic (exact) mass is 286 g/mol. The highest BCUT2D eigenvalue weighted by molar-refractivity contribution is 7.12. The maximum Gasteiger partial charge on any atom is 0.107 e. The lowest BCUT2D eigenvalue weighted by molar-refractivity contribution is 0.424. The van der Waals surface area contributed by atoms with Crippen LogP contribution in [0.5, 0.6) is 0 Å². The van der Waals surface area contributed by atoms with E-state index >= 15 is 0 Å². The van der Waals surface area contributed by atoms with Gasteiger partial charge < -0.3 is 5.32 Å². The molecule has 0 spiro atoms. The summed E-state index contributed by atoms with van der Waals surface area (Å²) in [7, 11) is 0. The fraction of sp³-hybridized carbons (Fsp3) is 0.471. The first-order chi connectivity index (χ1) is 9.53. The highest BCUT2D eigenvalue weighted by atomic mass is 32.1. The van der Waals surface area contributed by atoms with Gasteiger partial charge in [0.1, 0.15) is 5.01 Å². The minimum atomic E-state index is 0.140. The summed E-state index contributed by atoms with van der Waals surface area (Å²) in [5.74, 6) is 0. The van der Waals surface area contributed by atoms with Crippen molar-refractivity contribution < 1.29 is 0 Å². The number of nitrogens with zero attached hydrogens (tertiary/aromatic N) is 1. The Morgan fingerprint density at radius 2 is 2.00 bits per heavy atom. The van der Waals surface area contributed by atoms with Crippen molar-refractivity contribution in [2.24, 2.45) is 0 Å². The maximum atomic E-state index is 4.91. The van der Waals surface area contributed by atoms with Crippen LogP contribution in [-0.4, -0.2) is 10.5 Å². The molecule has 1 aliphatic carbocycles. The molecule has 1 N–H and O–H groups in total. The third-order valence-electron chi connectivity index (χ3n) is 3.63. The van der Waals surface area contributed by atoms with E-state index < -0.39 is 0 Å².